The predicted molar refractivity (Wildman–Crippen MR) is 84.0 cm³/mol. The summed E-state index contributed by atoms with van der Waals surface area (Å²) in [5.41, 5.74) is 7.23. The monoisotopic (exact) mass is 311 g/mol. The van der Waals surface area contributed by atoms with E-state index in [1.54, 1.807) is 6.07 Å². The Bertz CT molecular complexity index is 637. The number of nitro benzene ring substituents is 1. The van der Waals surface area contributed by atoms with Crippen LogP contribution in [0.1, 0.15) is 12.8 Å². The lowest BCUT2D eigenvalue weighted by atomic mass is 9.97. The van der Waals surface area contributed by atoms with Crippen molar-refractivity contribution in [2.75, 3.05) is 24.5 Å². The minimum Gasteiger partial charge on any atom is -0.342 e. The lowest BCUT2D eigenvalue weighted by Crippen LogP contribution is -2.36. The Kier molecular flexibility index (Phi) is 4.64. The van der Waals surface area contributed by atoms with E-state index >= 15 is 0 Å². The number of anilines is 1. The Labute approximate surface area is 128 Å². The van der Waals surface area contributed by atoms with Gasteiger partial charge >= 0.3 is 0 Å². The first-order valence-electron chi connectivity index (χ1n) is 6.76. The highest BCUT2D eigenvalue weighted by atomic mass is 35.5. The minimum absolute atomic E-state index is 0. The smallest absolute Gasteiger partial charge is 0.271 e. The summed E-state index contributed by atoms with van der Waals surface area (Å²) < 4.78 is 0. The second kappa shape index (κ2) is 6.28. The zero-order valence-corrected chi connectivity index (χ0v) is 12.3. The first-order chi connectivity index (χ1) is 9.67. The van der Waals surface area contributed by atoms with E-state index in [1.807, 2.05) is 0 Å². The fourth-order valence-electron chi connectivity index (χ4n) is 2.63. The Morgan fingerprint density at radius 3 is 2.76 bits per heavy atom. The predicted octanol–water partition coefficient (Wildman–Crippen LogP) is 2.07. The molecule has 0 unspecified atom stereocenters. The van der Waals surface area contributed by atoms with Crippen LogP contribution in [0.5, 0.6) is 0 Å². The molecule has 2 aromatic rings. The number of fused-ring (bicyclic) bond motifs is 1. The molecular formula is C13H18ClN5O2. The number of halogens is 1. The Morgan fingerprint density at radius 2 is 2.14 bits per heavy atom. The van der Waals surface area contributed by atoms with E-state index in [4.69, 9.17) is 5.73 Å². The second-order valence-electron chi connectivity index (χ2n) is 5.19. The number of H-pyrrole nitrogens is 1. The molecule has 7 nitrogen and oxygen atoms in total. The van der Waals surface area contributed by atoms with E-state index in [1.165, 1.54) is 12.1 Å². The highest BCUT2D eigenvalue weighted by Crippen LogP contribution is 2.25. The van der Waals surface area contributed by atoms with Crippen LogP contribution < -0.4 is 10.6 Å². The van der Waals surface area contributed by atoms with Crippen molar-refractivity contribution >= 4 is 35.1 Å². The number of nitrogens with two attached hydrogens (primary N) is 1. The summed E-state index contributed by atoms with van der Waals surface area (Å²) in [7, 11) is 0. The zero-order valence-electron chi connectivity index (χ0n) is 11.5. The van der Waals surface area contributed by atoms with E-state index in [9.17, 15) is 10.1 Å². The molecular weight excluding hydrogens is 294 g/mol. The van der Waals surface area contributed by atoms with E-state index in [0.29, 0.717) is 11.4 Å². The molecule has 1 fully saturated rings. The van der Waals surface area contributed by atoms with Crippen molar-refractivity contribution in [1.29, 1.82) is 0 Å². The minimum atomic E-state index is -0.396. The van der Waals surface area contributed by atoms with Crippen molar-refractivity contribution in [3.8, 4) is 0 Å². The molecule has 8 heteroatoms. The van der Waals surface area contributed by atoms with E-state index in [2.05, 4.69) is 14.9 Å². The van der Waals surface area contributed by atoms with Gasteiger partial charge in [-0.1, -0.05) is 0 Å². The van der Waals surface area contributed by atoms with Crippen LogP contribution in [0, 0.1) is 16.0 Å². The molecule has 1 aromatic carbocycles. The van der Waals surface area contributed by atoms with Gasteiger partial charge in [-0.3, -0.25) is 10.1 Å². The number of rotatable bonds is 3. The lowest BCUT2D eigenvalue weighted by molar-refractivity contribution is -0.384. The van der Waals surface area contributed by atoms with Crippen LogP contribution >= 0.6 is 12.4 Å². The topological polar surface area (TPSA) is 101 Å². The van der Waals surface area contributed by atoms with Crippen molar-refractivity contribution in [3.63, 3.8) is 0 Å². The molecule has 1 saturated heterocycles. The highest BCUT2D eigenvalue weighted by Gasteiger charge is 2.20. The molecule has 0 radical (unpaired) electrons. The van der Waals surface area contributed by atoms with Crippen molar-refractivity contribution in [1.82, 2.24) is 9.97 Å². The van der Waals surface area contributed by atoms with Gasteiger partial charge in [-0.15, -0.1) is 12.4 Å². The normalized spacial score (nSPS) is 16.0. The molecule has 0 aliphatic carbocycles. The molecule has 1 aliphatic heterocycles. The summed E-state index contributed by atoms with van der Waals surface area (Å²) in [5, 5.41) is 10.8. The number of nitrogens with zero attached hydrogens (tertiary/aromatic N) is 3. The van der Waals surface area contributed by atoms with E-state index < -0.39 is 4.92 Å². The van der Waals surface area contributed by atoms with E-state index in [0.717, 1.165) is 43.9 Å². The average molecular weight is 312 g/mol. The van der Waals surface area contributed by atoms with Gasteiger partial charge in [0.1, 0.15) is 0 Å². The molecule has 1 aliphatic rings. The standard InChI is InChI=1S/C13H17N5O2.ClH/c14-8-9-3-5-17(6-4-9)13-15-11-2-1-10(18(19)20)7-12(11)16-13;/h1-2,7,9H,3-6,8,14H2,(H,15,16);1H. The summed E-state index contributed by atoms with van der Waals surface area (Å²) >= 11 is 0. The van der Waals surface area contributed by atoms with Gasteiger partial charge in [-0.05, 0) is 31.4 Å². The fraction of sp³-hybridized carbons (Fsp3) is 0.462. The third-order valence-electron chi connectivity index (χ3n) is 3.91. The van der Waals surface area contributed by atoms with Crippen LogP contribution in [0.25, 0.3) is 11.0 Å². The van der Waals surface area contributed by atoms with Crippen molar-refractivity contribution in [2.24, 2.45) is 11.7 Å². The maximum atomic E-state index is 10.8. The maximum Gasteiger partial charge on any atom is 0.271 e. The Morgan fingerprint density at radius 1 is 1.43 bits per heavy atom. The summed E-state index contributed by atoms with van der Waals surface area (Å²) in [6.07, 6.45) is 2.13. The lowest BCUT2D eigenvalue weighted by Gasteiger charge is -2.30. The van der Waals surface area contributed by atoms with Crippen LogP contribution in [0.2, 0.25) is 0 Å². The van der Waals surface area contributed by atoms with Crippen LogP contribution in [-0.4, -0.2) is 34.5 Å². The fourth-order valence-corrected chi connectivity index (χ4v) is 2.63. The van der Waals surface area contributed by atoms with Gasteiger partial charge < -0.3 is 15.6 Å². The summed E-state index contributed by atoms with van der Waals surface area (Å²) in [5.74, 6) is 1.38. The van der Waals surface area contributed by atoms with Gasteiger partial charge in [0.2, 0.25) is 5.95 Å². The third-order valence-corrected chi connectivity index (χ3v) is 3.91. The number of nitrogens with one attached hydrogen (secondary N) is 1. The zero-order chi connectivity index (χ0) is 14.1. The van der Waals surface area contributed by atoms with Crippen LogP contribution in [-0.2, 0) is 0 Å². The SMILES string of the molecule is Cl.NCC1CCN(c2nc3ccc([N+](=O)[O-])cc3[nH]2)CC1. The number of benzene rings is 1. The molecule has 0 amide bonds. The van der Waals surface area contributed by atoms with Gasteiger partial charge in [0.15, 0.2) is 0 Å². The van der Waals surface area contributed by atoms with Gasteiger partial charge in [-0.2, -0.15) is 0 Å². The number of imidazole rings is 1. The number of hydrogen-bond acceptors (Lipinski definition) is 5. The summed E-state index contributed by atoms with van der Waals surface area (Å²) in [6, 6.07) is 4.69. The van der Waals surface area contributed by atoms with Crippen LogP contribution in [0.15, 0.2) is 18.2 Å². The van der Waals surface area contributed by atoms with Crippen molar-refractivity contribution < 1.29 is 4.92 Å². The van der Waals surface area contributed by atoms with E-state index in [-0.39, 0.29) is 18.1 Å². The number of non-ortho nitro benzene ring substituents is 1. The van der Waals surface area contributed by atoms with Gasteiger partial charge in [0, 0.05) is 25.2 Å². The average Bonchev–Trinajstić information content (AvgIpc) is 2.90. The Balaban J connectivity index is 0.00000161. The number of hydrogen-bond donors (Lipinski definition) is 2. The van der Waals surface area contributed by atoms with Crippen LogP contribution in [0.4, 0.5) is 11.6 Å². The molecule has 3 N–H and O–H groups in total. The largest absolute Gasteiger partial charge is 0.342 e. The number of piperidine rings is 1. The molecule has 3 rings (SSSR count). The first-order valence-corrected chi connectivity index (χ1v) is 6.76. The second-order valence-corrected chi connectivity index (χ2v) is 5.19. The number of aromatic nitrogens is 2. The number of nitro groups is 1. The summed E-state index contributed by atoms with van der Waals surface area (Å²) in [6.45, 7) is 2.58. The first kappa shape index (κ1) is 15.5. The molecule has 1 aromatic heterocycles. The third kappa shape index (κ3) is 3.08. The molecule has 0 spiro atoms. The highest BCUT2D eigenvalue weighted by molar-refractivity contribution is 5.85. The maximum absolute atomic E-state index is 10.8. The quantitative estimate of drug-likeness (QED) is 0.667. The molecule has 0 saturated carbocycles. The molecule has 21 heavy (non-hydrogen) atoms. The molecule has 0 bridgehead atoms. The molecule has 2 heterocycles. The molecule has 114 valence electrons. The summed E-state index contributed by atoms with van der Waals surface area (Å²) in [4.78, 5) is 20.2. The molecule has 0 atom stereocenters. The number of aromatic amines is 1. The van der Waals surface area contributed by atoms with Crippen molar-refractivity contribution in [3.05, 3.63) is 28.3 Å². The van der Waals surface area contributed by atoms with Gasteiger partial charge in [0.25, 0.3) is 5.69 Å². The Hall–Kier alpha value is -1.86. The van der Waals surface area contributed by atoms with Crippen LogP contribution in [0.3, 0.4) is 0 Å². The van der Waals surface area contributed by atoms with Gasteiger partial charge in [0.05, 0.1) is 16.0 Å². The van der Waals surface area contributed by atoms with Gasteiger partial charge in [-0.25, -0.2) is 4.98 Å². The van der Waals surface area contributed by atoms with Crippen molar-refractivity contribution in [2.45, 2.75) is 12.8 Å².